The van der Waals surface area contributed by atoms with Crippen LogP contribution in [0.2, 0.25) is 0 Å². The summed E-state index contributed by atoms with van der Waals surface area (Å²) in [6.45, 7) is 0.841. The van der Waals surface area contributed by atoms with Gasteiger partial charge in [0.25, 0.3) is 0 Å². The number of aliphatic hydroxyl groups is 1. The summed E-state index contributed by atoms with van der Waals surface area (Å²) in [5.74, 6) is -6.62. The molecule has 8 aromatic rings. The van der Waals surface area contributed by atoms with Crippen LogP contribution in [0.3, 0.4) is 0 Å². The van der Waals surface area contributed by atoms with E-state index >= 15 is 8.78 Å². The lowest BCUT2D eigenvalue weighted by Crippen LogP contribution is -2.48. The fourth-order valence-electron chi connectivity index (χ4n) is 8.02. The maximum atomic E-state index is 16.3. The first kappa shape index (κ1) is 49.6. The molecule has 0 radical (unpaired) electrons. The van der Waals surface area contributed by atoms with Crippen LogP contribution in [-0.2, 0) is 49.4 Å². The number of tetrazole rings is 1. The molecule has 72 heavy (non-hydrogen) atoms. The Balaban J connectivity index is 0.824. The Morgan fingerprint density at radius 3 is 1.78 bits per heavy atom. The molecule has 0 bridgehead atoms. The maximum absolute atomic E-state index is 16.3. The first-order valence-electron chi connectivity index (χ1n) is 22.1. The van der Waals surface area contributed by atoms with E-state index in [1.165, 1.54) is 12.3 Å². The van der Waals surface area contributed by atoms with Gasteiger partial charge in [-0.05, 0) is 81.7 Å². The first-order chi connectivity index (χ1) is 34.6. The second-order valence-corrected chi connectivity index (χ2v) is 18.2. The lowest BCUT2D eigenvalue weighted by molar-refractivity contribution is -0.207. The molecule has 3 aromatic heterocycles. The average molecular weight is 1010 g/mol. The van der Waals surface area contributed by atoms with Crippen molar-refractivity contribution < 1.29 is 54.0 Å². The van der Waals surface area contributed by atoms with E-state index in [1.54, 1.807) is 72.8 Å². The van der Waals surface area contributed by atoms with Crippen molar-refractivity contribution in [2.45, 2.75) is 43.6 Å². The highest BCUT2D eigenvalue weighted by atomic mass is 31.2. The van der Waals surface area contributed by atoms with E-state index in [4.69, 9.17) is 13.6 Å². The van der Waals surface area contributed by atoms with Crippen molar-refractivity contribution in [3.05, 3.63) is 198 Å². The summed E-state index contributed by atoms with van der Waals surface area (Å²) < 4.78 is 137. The SMILES string of the molecule is O=P(OCc1ccccc1)(OCc1ccccc1)OC(c1cn(-c2ccc(N3CCN(c4ccc(-c5ccc(C(F)(F)C(O)(Cn6cnnn6)c6ccc(F)cc6F)nc5)cc4)CC3)cc2)nn1)C(F)(F)F. The number of pyridine rings is 1. The van der Waals surface area contributed by atoms with Crippen LogP contribution in [0, 0.1) is 11.6 Å². The van der Waals surface area contributed by atoms with Crippen LogP contribution >= 0.6 is 7.82 Å². The van der Waals surface area contributed by atoms with Gasteiger partial charge in [-0.15, -0.1) is 10.2 Å². The van der Waals surface area contributed by atoms with Gasteiger partial charge in [-0.2, -0.15) is 22.0 Å². The minimum absolute atomic E-state index is 0.347. The molecule has 1 fully saturated rings. The Bertz CT molecular complexity index is 3050. The lowest BCUT2D eigenvalue weighted by atomic mass is 9.84. The van der Waals surface area contributed by atoms with Gasteiger partial charge >= 0.3 is 19.9 Å². The highest BCUT2D eigenvalue weighted by Crippen LogP contribution is 2.57. The first-order valence-corrected chi connectivity index (χ1v) is 23.6. The third-order valence-electron chi connectivity index (χ3n) is 11.9. The summed E-state index contributed by atoms with van der Waals surface area (Å²) in [6, 6.07) is 35.6. The second-order valence-electron chi connectivity index (χ2n) is 16.6. The number of anilines is 2. The van der Waals surface area contributed by atoms with Gasteiger partial charge in [0.2, 0.25) is 6.10 Å². The van der Waals surface area contributed by atoms with E-state index in [-0.39, 0.29) is 13.2 Å². The Morgan fingerprint density at radius 2 is 1.25 bits per heavy atom. The number of piperazine rings is 1. The summed E-state index contributed by atoms with van der Waals surface area (Å²) in [5.41, 5.74) is -1.29. The quantitative estimate of drug-likeness (QED) is 0.0640. The molecular weight excluding hydrogens is 973 g/mol. The number of alkyl halides is 5. The van der Waals surface area contributed by atoms with Crippen molar-refractivity contribution in [2.75, 3.05) is 36.0 Å². The number of phosphoric acid groups is 1. The Labute approximate surface area is 406 Å². The Kier molecular flexibility index (Phi) is 14.3. The molecule has 1 saturated heterocycles. The molecular formula is C49H42F7N10O5P. The fourth-order valence-corrected chi connectivity index (χ4v) is 9.32. The van der Waals surface area contributed by atoms with Gasteiger partial charge in [0.05, 0.1) is 31.6 Å². The van der Waals surface area contributed by atoms with Gasteiger partial charge < -0.3 is 14.9 Å². The summed E-state index contributed by atoms with van der Waals surface area (Å²) in [6.07, 6.45) is -4.67. The van der Waals surface area contributed by atoms with Crippen molar-refractivity contribution in [3.63, 3.8) is 0 Å². The van der Waals surface area contributed by atoms with Crippen LogP contribution in [0.5, 0.6) is 0 Å². The van der Waals surface area contributed by atoms with Crippen molar-refractivity contribution in [1.29, 1.82) is 0 Å². The molecule has 2 atom stereocenters. The van der Waals surface area contributed by atoms with Crippen LogP contribution in [0.1, 0.15) is 34.2 Å². The van der Waals surface area contributed by atoms with Crippen LogP contribution < -0.4 is 9.80 Å². The number of phosphoric ester groups is 1. The normalized spacial score (nSPS) is 14.8. The van der Waals surface area contributed by atoms with Crippen LogP contribution in [-0.4, -0.2) is 77.6 Å². The van der Waals surface area contributed by atoms with Crippen LogP contribution in [0.15, 0.2) is 158 Å². The third-order valence-corrected chi connectivity index (χ3v) is 13.2. The Morgan fingerprint density at radius 1 is 0.681 bits per heavy atom. The van der Waals surface area contributed by atoms with E-state index in [1.807, 2.05) is 36.4 Å². The zero-order chi connectivity index (χ0) is 50.5. The fraction of sp³-hybridized carbons (Fsp3) is 0.224. The molecule has 23 heteroatoms. The van der Waals surface area contributed by atoms with E-state index in [2.05, 4.69) is 40.6 Å². The zero-order valence-electron chi connectivity index (χ0n) is 37.7. The molecule has 372 valence electrons. The average Bonchev–Trinajstić information content (AvgIpc) is 4.11. The predicted molar refractivity (Wildman–Crippen MR) is 247 cm³/mol. The van der Waals surface area contributed by atoms with Crippen molar-refractivity contribution in [1.82, 2.24) is 40.2 Å². The molecule has 0 amide bonds. The molecule has 4 heterocycles. The number of benzene rings is 5. The van der Waals surface area contributed by atoms with Gasteiger partial charge in [0, 0.05) is 60.9 Å². The summed E-state index contributed by atoms with van der Waals surface area (Å²) >= 11 is 0. The van der Waals surface area contributed by atoms with E-state index < -0.39 is 66.8 Å². The number of rotatable bonds is 18. The standard InChI is InChI=1S/C49H42F7N10O5P/c50-38-14-21-42(43(51)27-38)47(67,32-65-33-58-60-62-65)48(52,53)45-22-13-37(28-57-45)36-11-15-39(16-12-36)63-23-25-64(26-24-63)40-17-19-41(20-18-40)66-29-44(59-61-66)46(49(54,55)56)71-72(68,69-30-34-7-3-1-4-8-34)70-31-35-9-5-2-6-10-35/h1-22,27-29,33,46,67H,23-26,30-32H2. The van der Waals surface area contributed by atoms with Crippen LogP contribution in [0.4, 0.5) is 42.1 Å². The summed E-state index contributed by atoms with van der Waals surface area (Å²) in [4.78, 5) is 8.29. The smallest absolute Gasteiger partial charge is 0.377 e. The molecule has 1 N–H and O–H groups in total. The molecule has 0 spiro atoms. The highest BCUT2D eigenvalue weighted by Gasteiger charge is 2.58. The number of halogens is 7. The monoisotopic (exact) mass is 1010 g/mol. The number of aromatic nitrogens is 8. The van der Waals surface area contributed by atoms with Crippen molar-refractivity contribution in [3.8, 4) is 16.8 Å². The van der Waals surface area contributed by atoms with E-state index in [0.29, 0.717) is 60.2 Å². The van der Waals surface area contributed by atoms with Gasteiger partial charge in [-0.3, -0.25) is 18.6 Å². The molecule has 2 unspecified atom stereocenters. The summed E-state index contributed by atoms with van der Waals surface area (Å²) in [7, 11) is -4.88. The summed E-state index contributed by atoms with van der Waals surface area (Å²) in [5, 5.41) is 29.5. The molecule has 5 aromatic carbocycles. The second kappa shape index (κ2) is 20.8. The maximum Gasteiger partial charge on any atom is 0.476 e. The molecule has 15 nitrogen and oxygen atoms in total. The van der Waals surface area contributed by atoms with Crippen molar-refractivity contribution in [2.24, 2.45) is 0 Å². The molecule has 0 saturated carbocycles. The molecule has 1 aliphatic heterocycles. The Hall–Kier alpha value is -7.36. The zero-order valence-corrected chi connectivity index (χ0v) is 38.6. The van der Waals surface area contributed by atoms with E-state index in [9.17, 15) is 31.6 Å². The largest absolute Gasteiger partial charge is 0.476 e. The van der Waals surface area contributed by atoms with E-state index in [0.717, 1.165) is 51.5 Å². The van der Waals surface area contributed by atoms with Gasteiger partial charge in [-0.1, -0.05) is 84.1 Å². The molecule has 0 aliphatic carbocycles. The van der Waals surface area contributed by atoms with Gasteiger partial charge in [0.15, 0.2) is 5.60 Å². The lowest BCUT2D eigenvalue weighted by Gasteiger charge is -2.37. The molecule has 1 aliphatic rings. The number of hydrogen-bond donors (Lipinski definition) is 1. The topological polar surface area (TPSA) is 159 Å². The third kappa shape index (κ3) is 11.1. The van der Waals surface area contributed by atoms with Gasteiger partial charge in [-0.25, -0.2) is 22.7 Å². The minimum atomic E-state index is -5.08. The highest BCUT2D eigenvalue weighted by molar-refractivity contribution is 7.48. The van der Waals surface area contributed by atoms with Crippen LogP contribution in [0.25, 0.3) is 16.8 Å². The van der Waals surface area contributed by atoms with Gasteiger partial charge in [0.1, 0.15) is 29.3 Å². The number of hydrogen-bond acceptors (Lipinski definition) is 13. The predicted octanol–water partition coefficient (Wildman–Crippen LogP) is 9.76. The number of nitrogens with zero attached hydrogens (tertiary/aromatic N) is 10. The minimum Gasteiger partial charge on any atom is -0.377 e. The molecule has 9 rings (SSSR count). The van der Waals surface area contributed by atoms with Crippen molar-refractivity contribution >= 4 is 19.2 Å².